The molecule has 2 fully saturated rings. The number of carbonyl (C=O) groups excluding carboxylic acids is 2. The van der Waals surface area contributed by atoms with E-state index >= 15 is 0 Å². The molecule has 0 bridgehead atoms. The zero-order valence-electron chi connectivity index (χ0n) is 11.2. The van der Waals surface area contributed by atoms with Crippen LogP contribution in [0.5, 0.6) is 0 Å². The quantitative estimate of drug-likeness (QED) is 0.557. The smallest absolute Gasteiger partial charge is 0.311 e. The van der Waals surface area contributed by atoms with E-state index in [1.165, 1.54) is 12.8 Å². The van der Waals surface area contributed by atoms with Crippen LogP contribution in [0.3, 0.4) is 0 Å². The molecular formula is C14H23NO3. The van der Waals surface area contributed by atoms with Crippen LogP contribution in [0, 0.1) is 5.92 Å². The molecule has 0 aromatic heterocycles. The molecule has 1 aliphatic carbocycles. The molecule has 0 spiro atoms. The summed E-state index contributed by atoms with van der Waals surface area (Å²) in [6.45, 7) is 3.13. The second-order valence-corrected chi connectivity index (χ2v) is 5.41. The first-order valence-corrected chi connectivity index (χ1v) is 7.18. The molecular weight excluding hydrogens is 230 g/mol. The van der Waals surface area contributed by atoms with Gasteiger partial charge < -0.3 is 9.64 Å². The van der Waals surface area contributed by atoms with E-state index in [1.807, 2.05) is 4.90 Å². The van der Waals surface area contributed by atoms with Crippen molar-refractivity contribution in [1.82, 2.24) is 4.90 Å². The summed E-state index contributed by atoms with van der Waals surface area (Å²) in [7, 11) is 0. The summed E-state index contributed by atoms with van der Waals surface area (Å²) >= 11 is 0. The Labute approximate surface area is 109 Å². The van der Waals surface area contributed by atoms with Gasteiger partial charge in [-0.2, -0.15) is 0 Å². The number of hydrogen-bond acceptors (Lipinski definition) is 3. The maximum absolute atomic E-state index is 11.9. The summed E-state index contributed by atoms with van der Waals surface area (Å²) in [4.78, 5) is 25.7. The number of amides is 1. The molecule has 4 nitrogen and oxygen atoms in total. The number of esters is 1. The fraction of sp³-hybridized carbons (Fsp3) is 0.857. The van der Waals surface area contributed by atoms with Crippen LogP contribution < -0.4 is 0 Å². The fourth-order valence-corrected chi connectivity index (χ4v) is 2.89. The van der Waals surface area contributed by atoms with Crippen molar-refractivity contribution in [3.05, 3.63) is 0 Å². The molecule has 1 saturated carbocycles. The molecule has 4 heteroatoms. The van der Waals surface area contributed by atoms with Gasteiger partial charge in [-0.05, 0) is 19.3 Å². The molecule has 1 aliphatic heterocycles. The maximum atomic E-state index is 11.9. The zero-order chi connectivity index (χ0) is 13.0. The Morgan fingerprint density at radius 1 is 1.39 bits per heavy atom. The molecule has 2 aliphatic rings. The largest absolute Gasteiger partial charge is 0.465 e. The van der Waals surface area contributed by atoms with Crippen LogP contribution in [-0.2, 0) is 14.3 Å². The van der Waals surface area contributed by atoms with Crippen molar-refractivity contribution < 1.29 is 14.3 Å². The first kappa shape index (κ1) is 13.4. The fourth-order valence-electron chi connectivity index (χ4n) is 2.89. The van der Waals surface area contributed by atoms with Gasteiger partial charge in [0.05, 0.1) is 12.5 Å². The number of nitrogens with zero attached hydrogens (tertiary/aromatic N) is 1. The lowest BCUT2D eigenvalue weighted by molar-refractivity contribution is -0.148. The highest BCUT2D eigenvalue weighted by Gasteiger charge is 2.39. The van der Waals surface area contributed by atoms with Gasteiger partial charge >= 0.3 is 5.97 Å². The number of carbonyl (C=O) groups is 2. The molecule has 0 radical (unpaired) electrons. The lowest BCUT2D eigenvalue weighted by Gasteiger charge is -2.23. The minimum Gasteiger partial charge on any atom is -0.465 e. The van der Waals surface area contributed by atoms with Crippen LogP contribution in [0.15, 0.2) is 0 Å². The van der Waals surface area contributed by atoms with Crippen LogP contribution in [-0.4, -0.2) is 36.0 Å². The summed E-state index contributed by atoms with van der Waals surface area (Å²) in [5.41, 5.74) is 0. The van der Waals surface area contributed by atoms with Gasteiger partial charge in [0, 0.05) is 19.0 Å². The molecule has 0 aromatic carbocycles. The predicted octanol–water partition coefficient (Wildman–Crippen LogP) is 2.12. The Kier molecular flexibility index (Phi) is 4.61. The molecule has 0 aromatic rings. The van der Waals surface area contributed by atoms with Gasteiger partial charge in [0.15, 0.2) is 0 Å². The zero-order valence-corrected chi connectivity index (χ0v) is 11.2. The molecule has 1 amide bonds. The Balaban J connectivity index is 1.81. The van der Waals surface area contributed by atoms with E-state index in [0.29, 0.717) is 25.6 Å². The van der Waals surface area contributed by atoms with Crippen LogP contribution in [0.2, 0.25) is 0 Å². The monoisotopic (exact) mass is 253 g/mol. The molecule has 1 unspecified atom stereocenters. The third-order valence-corrected chi connectivity index (χ3v) is 4.00. The molecule has 1 atom stereocenters. The van der Waals surface area contributed by atoms with E-state index in [1.54, 1.807) is 0 Å². The highest BCUT2D eigenvalue weighted by atomic mass is 16.5. The molecule has 102 valence electrons. The highest BCUT2D eigenvalue weighted by molar-refractivity contribution is 5.87. The van der Waals surface area contributed by atoms with E-state index in [4.69, 9.17) is 4.74 Å². The molecule has 1 heterocycles. The Bertz CT molecular complexity index is 310. The summed E-state index contributed by atoms with van der Waals surface area (Å²) in [6, 6.07) is 0.381. The Morgan fingerprint density at radius 3 is 2.78 bits per heavy atom. The second kappa shape index (κ2) is 6.21. The lowest BCUT2D eigenvalue weighted by atomic mass is 10.1. The molecule has 2 rings (SSSR count). The maximum Gasteiger partial charge on any atom is 0.311 e. The first-order valence-electron chi connectivity index (χ1n) is 7.18. The average molecular weight is 253 g/mol. The number of unbranched alkanes of at least 4 members (excludes halogenated alkanes) is 1. The number of hydrogen-bond donors (Lipinski definition) is 0. The van der Waals surface area contributed by atoms with Gasteiger partial charge in [0.2, 0.25) is 5.91 Å². The summed E-state index contributed by atoms with van der Waals surface area (Å²) < 4.78 is 5.21. The van der Waals surface area contributed by atoms with Crippen molar-refractivity contribution in [2.24, 2.45) is 5.92 Å². The summed E-state index contributed by atoms with van der Waals surface area (Å²) in [5, 5.41) is 0. The van der Waals surface area contributed by atoms with Gasteiger partial charge in [0.1, 0.15) is 0 Å². The van der Waals surface area contributed by atoms with Gasteiger partial charge in [-0.3, -0.25) is 9.59 Å². The Morgan fingerprint density at radius 2 is 2.11 bits per heavy atom. The van der Waals surface area contributed by atoms with Crippen LogP contribution in [0.1, 0.15) is 51.9 Å². The van der Waals surface area contributed by atoms with Crippen molar-refractivity contribution in [3.8, 4) is 0 Å². The Hall–Kier alpha value is -1.06. The van der Waals surface area contributed by atoms with Crippen molar-refractivity contribution in [1.29, 1.82) is 0 Å². The van der Waals surface area contributed by atoms with Crippen LogP contribution in [0.25, 0.3) is 0 Å². The van der Waals surface area contributed by atoms with E-state index in [-0.39, 0.29) is 17.8 Å². The number of rotatable bonds is 5. The van der Waals surface area contributed by atoms with Gasteiger partial charge in [-0.25, -0.2) is 0 Å². The molecule has 1 saturated heterocycles. The highest BCUT2D eigenvalue weighted by Crippen LogP contribution is 2.29. The van der Waals surface area contributed by atoms with Gasteiger partial charge in [-0.15, -0.1) is 0 Å². The van der Waals surface area contributed by atoms with E-state index < -0.39 is 0 Å². The topological polar surface area (TPSA) is 46.6 Å². The molecule has 0 N–H and O–H groups in total. The van der Waals surface area contributed by atoms with Gasteiger partial charge in [0.25, 0.3) is 0 Å². The number of ether oxygens (including phenoxy) is 1. The van der Waals surface area contributed by atoms with Crippen molar-refractivity contribution in [3.63, 3.8) is 0 Å². The second-order valence-electron chi connectivity index (χ2n) is 5.41. The minimum absolute atomic E-state index is 0.138. The first-order chi connectivity index (χ1) is 8.72. The number of likely N-dealkylation sites (tertiary alicyclic amines) is 1. The van der Waals surface area contributed by atoms with Crippen LogP contribution in [0.4, 0.5) is 0 Å². The summed E-state index contributed by atoms with van der Waals surface area (Å²) in [5.74, 6) is -0.272. The standard InChI is InChI=1S/C14H23NO3/c1-2-3-8-18-14(17)11-9-13(16)15(10-11)12-6-4-5-7-12/h11-12H,2-10H2,1H3. The van der Waals surface area contributed by atoms with Gasteiger partial charge in [-0.1, -0.05) is 26.2 Å². The van der Waals surface area contributed by atoms with E-state index in [9.17, 15) is 9.59 Å². The normalized spacial score (nSPS) is 24.8. The van der Waals surface area contributed by atoms with E-state index in [0.717, 1.165) is 25.7 Å². The SMILES string of the molecule is CCCCOC(=O)C1CC(=O)N(C2CCCC2)C1. The minimum atomic E-state index is -0.227. The predicted molar refractivity (Wildman–Crippen MR) is 67.9 cm³/mol. The van der Waals surface area contributed by atoms with E-state index in [2.05, 4.69) is 6.92 Å². The van der Waals surface area contributed by atoms with Crippen molar-refractivity contribution in [2.45, 2.75) is 57.9 Å². The lowest BCUT2D eigenvalue weighted by Crippen LogP contribution is -2.35. The average Bonchev–Trinajstić information content (AvgIpc) is 2.97. The molecule has 18 heavy (non-hydrogen) atoms. The van der Waals surface area contributed by atoms with Crippen molar-refractivity contribution >= 4 is 11.9 Å². The van der Waals surface area contributed by atoms with Crippen molar-refractivity contribution in [2.75, 3.05) is 13.2 Å². The third kappa shape index (κ3) is 3.03. The summed E-state index contributed by atoms with van der Waals surface area (Å²) in [6.07, 6.45) is 6.89. The van der Waals surface area contributed by atoms with Crippen LogP contribution >= 0.6 is 0 Å². The third-order valence-electron chi connectivity index (χ3n) is 4.00.